The standard InChI is InChI=1S/C22H23FN4O3S/c23-15-4-5-17-18(12-25-20(17)10-15)14-3-6-19-21(9-14)30-22(26-19)11-16(31(24,28)29)13-27-7-1-2-8-27/h3-6,9-10,12,16,25H,1-2,7-8,11,13H2,(H2,24,28,29). The highest BCUT2D eigenvalue weighted by molar-refractivity contribution is 7.89. The van der Waals surface area contributed by atoms with Crippen molar-refractivity contribution in [2.45, 2.75) is 24.5 Å². The molecule has 0 amide bonds. The van der Waals surface area contributed by atoms with Crippen molar-refractivity contribution in [3.63, 3.8) is 0 Å². The van der Waals surface area contributed by atoms with Gasteiger partial charge in [0.05, 0.1) is 5.25 Å². The first-order valence-electron chi connectivity index (χ1n) is 10.3. The van der Waals surface area contributed by atoms with Crippen LogP contribution in [-0.4, -0.2) is 48.2 Å². The lowest BCUT2D eigenvalue weighted by molar-refractivity contribution is 0.328. The molecule has 0 aliphatic carbocycles. The van der Waals surface area contributed by atoms with Crippen molar-refractivity contribution in [3.05, 3.63) is 54.3 Å². The molecule has 0 spiro atoms. The van der Waals surface area contributed by atoms with E-state index in [-0.39, 0.29) is 12.2 Å². The quantitative estimate of drug-likeness (QED) is 0.476. The summed E-state index contributed by atoms with van der Waals surface area (Å²) < 4.78 is 43.7. The van der Waals surface area contributed by atoms with Crippen molar-refractivity contribution in [3.8, 4) is 11.1 Å². The van der Waals surface area contributed by atoms with E-state index in [4.69, 9.17) is 9.56 Å². The number of oxazole rings is 1. The lowest BCUT2D eigenvalue weighted by atomic mass is 10.0. The molecule has 1 saturated heterocycles. The maximum Gasteiger partial charge on any atom is 0.213 e. The third-order valence-electron chi connectivity index (χ3n) is 5.91. The Kier molecular flexibility index (Phi) is 5.04. The Balaban J connectivity index is 1.44. The zero-order valence-corrected chi connectivity index (χ0v) is 17.7. The van der Waals surface area contributed by atoms with Crippen molar-refractivity contribution >= 4 is 32.0 Å². The minimum atomic E-state index is -3.74. The van der Waals surface area contributed by atoms with Gasteiger partial charge in [0.25, 0.3) is 0 Å². The second kappa shape index (κ2) is 7.74. The first kappa shape index (κ1) is 20.2. The van der Waals surface area contributed by atoms with Crippen LogP contribution in [0.5, 0.6) is 0 Å². The Labute approximate surface area is 179 Å². The molecule has 1 aliphatic heterocycles. The van der Waals surface area contributed by atoms with E-state index in [1.54, 1.807) is 6.07 Å². The number of primary sulfonamides is 1. The van der Waals surface area contributed by atoms with Crippen LogP contribution < -0.4 is 5.14 Å². The molecule has 0 radical (unpaired) electrons. The number of nitrogens with zero attached hydrogens (tertiary/aromatic N) is 2. The third kappa shape index (κ3) is 4.08. The van der Waals surface area contributed by atoms with Gasteiger partial charge in [0.2, 0.25) is 10.0 Å². The minimum absolute atomic E-state index is 0.131. The van der Waals surface area contributed by atoms with E-state index in [1.807, 2.05) is 24.4 Å². The Hall–Kier alpha value is -2.75. The second-order valence-corrected chi connectivity index (χ2v) is 9.95. The molecule has 4 aromatic rings. The van der Waals surface area contributed by atoms with Gasteiger partial charge in [-0.25, -0.2) is 22.9 Å². The summed E-state index contributed by atoms with van der Waals surface area (Å²) in [5, 5.41) is 5.64. The molecule has 0 bridgehead atoms. The average Bonchev–Trinajstić information content (AvgIpc) is 3.45. The van der Waals surface area contributed by atoms with Crippen LogP contribution in [-0.2, 0) is 16.4 Å². The van der Waals surface area contributed by atoms with Gasteiger partial charge in [0.15, 0.2) is 11.5 Å². The molecule has 0 saturated carbocycles. The number of benzene rings is 2. The van der Waals surface area contributed by atoms with Crippen LogP contribution in [0.15, 0.2) is 47.0 Å². The van der Waals surface area contributed by atoms with Gasteiger partial charge in [0, 0.05) is 35.6 Å². The number of fused-ring (bicyclic) bond motifs is 2. The summed E-state index contributed by atoms with van der Waals surface area (Å²) >= 11 is 0. The number of H-pyrrole nitrogens is 1. The molecule has 31 heavy (non-hydrogen) atoms. The van der Waals surface area contributed by atoms with Crippen LogP contribution in [0.2, 0.25) is 0 Å². The lowest BCUT2D eigenvalue weighted by Gasteiger charge is -2.20. The van der Waals surface area contributed by atoms with E-state index in [2.05, 4.69) is 14.9 Å². The molecule has 9 heteroatoms. The normalized spacial score (nSPS) is 16.5. The molecule has 162 valence electrons. The highest BCUT2D eigenvalue weighted by atomic mass is 32.2. The SMILES string of the molecule is NS(=O)(=O)C(Cc1nc2ccc(-c3c[nH]c4cc(F)ccc34)cc2o1)CN1CCCC1. The number of nitrogens with two attached hydrogens (primary N) is 1. The number of sulfonamides is 1. The Morgan fingerprint density at radius 3 is 2.77 bits per heavy atom. The maximum atomic E-state index is 13.5. The van der Waals surface area contributed by atoms with Gasteiger partial charge >= 0.3 is 0 Å². The number of aromatic nitrogens is 2. The van der Waals surface area contributed by atoms with E-state index in [1.165, 1.54) is 12.1 Å². The van der Waals surface area contributed by atoms with E-state index in [0.717, 1.165) is 42.4 Å². The fraction of sp³-hybridized carbons (Fsp3) is 0.318. The predicted molar refractivity (Wildman–Crippen MR) is 118 cm³/mol. The van der Waals surface area contributed by atoms with Crippen LogP contribution in [0.1, 0.15) is 18.7 Å². The second-order valence-electron chi connectivity index (χ2n) is 8.11. The highest BCUT2D eigenvalue weighted by Gasteiger charge is 2.28. The number of nitrogens with one attached hydrogen (secondary N) is 1. The fourth-order valence-electron chi connectivity index (χ4n) is 4.30. The molecule has 5 rings (SSSR count). The largest absolute Gasteiger partial charge is 0.441 e. The fourth-order valence-corrected chi connectivity index (χ4v) is 5.09. The molecule has 3 N–H and O–H groups in total. The summed E-state index contributed by atoms with van der Waals surface area (Å²) in [7, 11) is -3.74. The van der Waals surface area contributed by atoms with Crippen LogP contribution >= 0.6 is 0 Å². The van der Waals surface area contributed by atoms with Crippen molar-refractivity contribution in [1.29, 1.82) is 0 Å². The lowest BCUT2D eigenvalue weighted by Crippen LogP contribution is -2.40. The zero-order chi connectivity index (χ0) is 21.6. The van der Waals surface area contributed by atoms with Gasteiger partial charge in [-0.15, -0.1) is 0 Å². The van der Waals surface area contributed by atoms with Crippen molar-refractivity contribution in [2.75, 3.05) is 19.6 Å². The maximum absolute atomic E-state index is 13.5. The number of likely N-dealkylation sites (tertiary alicyclic amines) is 1. The number of hydrogen-bond acceptors (Lipinski definition) is 5. The monoisotopic (exact) mass is 442 g/mol. The highest BCUT2D eigenvalue weighted by Crippen LogP contribution is 2.31. The first-order valence-corrected chi connectivity index (χ1v) is 11.9. The van der Waals surface area contributed by atoms with E-state index in [9.17, 15) is 12.8 Å². The van der Waals surface area contributed by atoms with Crippen molar-refractivity contribution in [1.82, 2.24) is 14.9 Å². The number of hydrogen-bond donors (Lipinski definition) is 2. The summed E-state index contributed by atoms with van der Waals surface area (Å²) in [6.07, 6.45) is 4.11. The van der Waals surface area contributed by atoms with Gasteiger partial charge in [-0.3, -0.25) is 0 Å². The van der Waals surface area contributed by atoms with Crippen LogP contribution in [0.4, 0.5) is 4.39 Å². The Bertz CT molecular complexity index is 1360. The number of halogens is 1. The van der Waals surface area contributed by atoms with Crippen molar-refractivity contribution in [2.24, 2.45) is 5.14 Å². The Morgan fingerprint density at radius 1 is 1.19 bits per heavy atom. The molecule has 2 aromatic heterocycles. The van der Waals surface area contributed by atoms with Gasteiger partial charge < -0.3 is 14.3 Å². The molecule has 2 aromatic carbocycles. The topological polar surface area (TPSA) is 105 Å². The van der Waals surface area contributed by atoms with E-state index in [0.29, 0.717) is 29.1 Å². The zero-order valence-electron chi connectivity index (χ0n) is 16.8. The molecule has 1 aliphatic rings. The number of rotatable bonds is 6. The predicted octanol–water partition coefficient (Wildman–Crippen LogP) is 3.41. The first-order chi connectivity index (χ1) is 14.9. The average molecular weight is 443 g/mol. The molecular weight excluding hydrogens is 419 g/mol. The van der Waals surface area contributed by atoms with Gasteiger partial charge in [0.1, 0.15) is 11.3 Å². The Morgan fingerprint density at radius 2 is 2.00 bits per heavy atom. The summed E-state index contributed by atoms with van der Waals surface area (Å²) in [6.45, 7) is 2.16. The van der Waals surface area contributed by atoms with Gasteiger partial charge in [-0.05, 0) is 61.8 Å². The molecule has 1 unspecified atom stereocenters. The van der Waals surface area contributed by atoms with Crippen LogP contribution in [0, 0.1) is 5.82 Å². The molecular formula is C22H23FN4O3S. The summed E-state index contributed by atoms with van der Waals surface area (Å²) in [5.74, 6) is 0.0564. The van der Waals surface area contributed by atoms with Crippen LogP contribution in [0.3, 0.4) is 0 Å². The number of aromatic amines is 1. The summed E-state index contributed by atoms with van der Waals surface area (Å²) in [5.41, 5.74) is 3.75. The third-order valence-corrected chi connectivity index (χ3v) is 7.16. The molecule has 3 heterocycles. The smallest absolute Gasteiger partial charge is 0.213 e. The van der Waals surface area contributed by atoms with Gasteiger partial charge in [-0.1, -0.05) is 6.07 Å². The minimum Gasteiger partial charge on any atom is -0.441 e. The summed E-state index contributed by atoms with van der Waals surface area (Å²) in [6, 6.07) is 10.2. The molecule has 1 fully saturated rings. The molecule has 1 atom stereocenters. The van der Waals surface area contributed by atoms with Crippen molar-refractivity contribution < 1.29 is 17.2 Å². The van der Waals surface area contributed by atoms with Crippen LogP contribution in [0.25, 0.3) is 33.1 Å². The van der Waals surface area contributed by atoms with E-state index >= 15 is 0 Å². The van der Waals surface area contributed by atoms with E-state index < -0.39 is 15.3 Å². The van der Waals surface area contributed by atoms with Gasteiger partial charge in [-0.2, -0.15) is 0 Å². The summed E-state index contributed by atoms with van der Waals surface area (Å²) in [4.78, 5) is 9.68. The molecule has 7 nitrogen and oxygen atoms in total.